The summed E-state index contributed by atoms with van der Waals surface area (Å²) in [6, 6.07) is 90.7. The molecule has 0 aliphatic heterocycles. The molecule has 0 bridgehead atoms. The normalized spacial score (nSPS) is 11.5. The molecule has 13 aromatic rings. The first-order chi connectivity index (χ1) is 33.7. The predicted molar refractivity (Wildman–Crippen MR) is 284 cm³/mol. The molecule has 11 aromatic carbocycles. The van der Waals surface area contributed by atoms with Gasteiger partial charge in [0, 0.05) is 67.4 Å². The molecule has 0 aliphatic carbocycles. The van der Waals surface area contributed by atoms with E-state index in [1.54, 1.807) is 0 Å². The van der Waals surface area contributed by atoms with Crippen LogP contribution in [-0.2, 0) is 0 Å². The van der Waals surface area contributed by atoms with Crippen molar-refractivity contribution in [3.8, 4) is 33.4 Å². The maximum Gasteiger partial charge on any atom is 0.137 e. The van der Waals surface area contributed by atoms with E-state index in [1.807, 2.05) is 24.3 Å². The van der Waals surface area contributed by atoms with Crippen LogP contribution in [0.1, 0.15) is 0 Å². The molecular weight excluding hydrogens is 829 g/mol. The minimum absolute atomic E-state index is 0.836. The van der Waals surface area contributed by atoms with E-state index in [4.69, 9.17) is 8.83 Å². The van der Waals surface area contributed by atoms with Gasteiger partial charge in [0.25, 0.3) is 0 Å². The number of para-hydroxylation sites is 3. The summed E-state index contributed by atoms with van der Waals surface area (Å²) in [5.41, 5.74) is 16.5. The van der Waals surface area contributed by atoms with E-state index in [0.717, 1.165) is 100 Å². The Labute approximate surface area is 393 Å². The number of rotatable bonds is 9. The second-order valence-electron chi connectivity index (χ2n) is 17.3. The van der Waals surface area contributed by atoms with Crippen molar-refractivity contribution >= 4 is 88.8 Å². The number of benzene rings is 11. The molecule has 0 saturated carbocycles. The van der Waals surface area contributed by atoms with Crippen molar-refractivity contribution in [2.45, 2.75) is 0 Å². The molecule has 68 heavy (non-hydrogen) atoms. The summed E-state index contributed by atoms with van der Waals surface area (Å²) in [7, 11) is 0. The molecule has 2 aromatic heterocycles. The van der Waals surface area contributed by atoms with Crippen LogP contribution in [0.3, 0.4) is 0 Å². The van der Waals surface area contributed by atoms with Gasteiger partial charge in [-0.05, 0) is 106 Å². The van der Waals surface area contributed by atoms with Gasteiger partial charge in [0.1, 0.15) is 22.3 Å². The first kappa shape index (κ1) is 39.3. The smallest absolute Gasteiger partial charge is 0.137 e. The van der Waals surface area contributed by atoms with E-state index in [0.29, 0.717) is 0 Å². The Balaban J connectivity index is 0.976. The van der Waals surface area contributed by atoms with Gasteiger partial charge in [0.15, 0.2) is 0 Å². The number of hydrogen-bond donors (Lipinski definition) is 0. The summed E-state index contributed by atoms with van der Waals surface area (Å²) < 4.78 is 12.9. The van der Waals surface area contributed by atoms with E-state index in [-0.39, 0.29) is 0 Å². The maximum atomic E-state index is 6.47. The molecule has 0 N–H and O–H groups in total. The number of nitrogens with zero attached hydrogens (tertiary/aromatic N) is 2. The molecule has 0 atom stereocenters. The number of anilines is 6. The quantitative estimate of drug-likeness (QED) is 0.145. The third-order valence-corrected chi connectivity index (χ3v) is 13.2. The number of furan rings is 2. The van der Waals surface area contributed by atoms with Gasteiger partial charge in [-0.1, -0.05) is 170 Å². The van der Waals surface area contributed by atoms with Crippen LogP contribution in [0.25, 0.3) is 88.0 Å². The van der Waals surface area contributed by atoms with Gasteiger partial charge in [-0.2, -0.15) is 0 Å². The molecule has 4 nitrogen and oxygen atoms in total. The Bertz CT molecular complexity index is 3890. The molecule has 0 aliphatic rings. The van der Waals surface area contributed by atoms with Crippen LogP contribution < -0.4 is 9.80 Å². The second kappa shape index (κ2) is 16.4. The highest BCUT2D eigenvalue weighted by atomic mass is 16.3. The zero-order chi connectivity index (χ0) is 45.0. The molecule has 0 spiro atoms. The molecular formula is C64H42N2O2. The number of hydrogen-bond acceptors (Lipinski definition) is 4. The van der Waals surface area contributed by atoms with Crippen molar-refractivity contribution in [3.05, 3.63) is 255 Å². The Kier molecular flexibility index (Phi) is 9.47. The van der Waals surface area contributed by atoms with E-state index in [2.05, 4.69) is 240 Å². The Morgan fingerprint density at radius 2 is 0.662 bits per heavy atom. The first-order valence-corrected chi connectivity index (χ1v) is 23.1. The van der Waals surface area contributed by atoms with Crippen molar-refractivity contribution in [3.63, 3.8) is 0 Å². The van der Waals surface area contributed by atoms with Gasteiger partial charge >= 0.3 is 0 Å². The van der Waals surface area contributed by atoms with Crippen molar-refractivity contribution < 1.29 is 8.83 Å². The average Bonchev–Trinajstić information content (AvgIpc) is 3.97. The van der Waals surface area contributed by atoms with Gasteiger partial charge in [-0.25, -0.2) is 0 Å². The van der Waals surface area contributed by atoms with Gasteiger partial charge in [-0.15, -0.1) is 0 Å². The molecule has 0 radical (unpaired) electrons. The monoisotopic (exact) mass is 870 g/mol. The van der Waals surface area contributed by atoms with Gasteiger partial charge in [0.05, 0.1) is 11.4 Å². The van der Waals surface area contributed by atoms with Crippen LogP contribution in [0.2, 0.25) is 0 Å². The molecule has 320 valence electrons. The lowest BCUT2D eigenvalue weighted by Gasteiger charge is -2.30. The summed E-state index contributed by atoms with van der Waals surface area (Å²) >= 11 is 0. The van der Waals surface area contributed by atoms with E-state index >= 15 is 0 Å². The Morgan fingerprint density at radius 3 is 1.26 bits per heavy atom. The van der Waals surface area contributed by atoms with Gasteiger partial charge in [-0.3, -0.25) is 0 Å². The van der Waals surface area contributed by atoms with Crippen LogP contribution in [0, 0.1) is 0 Å². The van der Waals surface area contributed by atoms with Crippen LogP contribution in [0.15, 0.2) is 264 Å². The van der Waals surface area contributed by atoms with Crippen molar-refractivity contribution in [1.29, 1.82) is 0 Å². The molecule has 13 rings (SSSR count). The van der Waals surface area contributed by atoms with Crippen LogP contribution in [0.4, 0.5) is 34.1 Å². The predicted octanol–water partition coefficient (Wildman–Crippen LogP) is 18.6. The fourth-order valence-corrected chi connectivity index (χ4v) is 10.1. The van der Waals surface area contributed by atoms with Crippen molar-refractivity contribution in [2.75, 3.05) is 9.80 Å². The Morgan fingerprint density at radius 1 is 0.221 bits per heavy atom. The highest BCUT2D eigenvalue weighted by Gasteiger charge is 2.22. The molecule has 2 heterocycles. The van der Waals surface area contributed by atoms with E-state index in [1.165, 1.54) is 21.9 Å². The summed E-state index contributed by atoms with van der Waals surface area (Å²) in [4.78, 5) is 4.74. The van der Waals surface area contributed by atoms with Crippen LogP contribution in [-0.4, -0.2) is 0 Å². The SMILES string of the molecule is c1ccc(-c2ccccc2N(c2cccc(-c3cccc(N(c4ccc5c(c4)oc4ccccc45)c4ccc5c(c4)oc4ccccc45)c3)c2)c2ccc(-c3ccccc3)c3ccccc23)cc1. The van der Waals surface area contributed by atoms with Crippen LogP contribution >= 0.6 is 0 Å². The minimum Gasteiger partial charge on any atom is -0.456 e. The second-order valence-corrected chi connectivity index (χ2v) is 17.3. The lowest BCUT2D eigenvalue weighted by molar-refractivity contribution is 0.669. The molecule has 0 unspecified atom stereocenters. The standard InChI is InChI=1S/C64H42N2O2/c1-3-17-43(18-4-1)51-37-38-60(54-27-8-7-26-53(51)54)66(59-30-12-9-25-52(59)44-19-5-2-6-20-44)48-24-16-22-46(40-48)45-21-15-23-47(39-45)65(49-33-35-57-55-28-10-13-31-61(55)67-63(57)41-49)50-34-36-58-56-29-11-14-32-62(56)68-64(58)42-50/h1-42H. The number of fused-ring (bicyclic) bond motifs is 7. The summed E-state index contributed by atoms with van der Waals surface area (Å²) in [5.74, 6) is 0. The first-order valence-electron chi connectivity index (χ1n) is 23.1. The summed E-state index contributed by atoms with van der Waals surface area (Å²) in [6.45, 7) is 0. The topological polar surface area (TPSA) is 32.8 Å². The Hall–Kier alpha value is -9.12. The zero-order valence-corrected chi connectivity index (χ0v) is 37.0. The minimum atomic E-state index is 0.836. The van der Waals surface area contributed by atoms with Crippen molar-refractivity contribution in [1.82, 2.24) is 0 Å². The fraction of sp³-hybridized carbons (Fsp3) is 0. The van der Waals surface area contributed by atoms with Crippen LogP contribution in [0.5, 0.6) is 0 Å². The maximum absolute atomic E-state index is 6.47. The van der Waals surface area contributed by atoms with Crippen molar-refractivity contribution in [2.24, 2.45) is 0 Å². The van der Waals surface area contributed by atoms with E-state index < -0.39 is 0 Å². The highest BCUT2D eigenvalue weighted by Crippen LogP contribution is 2.47. The van der Waals surface area contributed by atoms with Gasteiger partial charge in [0.2, 0.25) is 0 Å². The molecule has 0 saturated heterocycles. The largest absolute Gasteiger partial charge is 0.456 e. The summed E-state index contributed by atoms with van der Waals surface area (Å²) in [5, 5.41) is 6.75. The molecule has 4 heteroatoms. The fourth-order valence-electron chi connectivity index (χ4n) is 10.1. The molecule has 0 fully saturated rings. The summed E-state index contributed by atoms with van der Waals surface area (Å²) in [6.07, 6.45) is 0. The third kappa shape index (κ3) is 6.78. The lowest BCUT2D eigenvalue weighted by Crippen LogP contribution is -2.12. The third-order valence-electron chi connectivity index (χ3n) is 13.2. The lowest BCUT2D eigenvalue weighted by atomic mass is 9.95. The van der Waals surface area contributed by atoms with Gasteiger partial charge < -0.3 is 18.6 Å². The molecule has 0 amide bonds. The zero-order valence-electron chi connectivity index (χ0n) is 37.0. The average molecular weight is 871 g/mol. The highest BCUT2D eigenvalue weighted by molar-refractivity contribution is 6.09. The van der Waals surface area contributed by atoms with E-state index in [9.17, 15) is 0 Å².